The van der Waals surface area contributed by atoms with Gasteiger partial charge in [-0.3, -0.25) is 14.2 Å². The van der Waals surface area contributed by atoms with Crippen LogP contribution in [-0.4, -0.2) is 26.8 Å². The number of fused-ring (bicyclic) bond motifs is 1. The molecule has 1 aromatic carbocycles. The van der Waals surface area contributed by atoms with Gasteiger partial charge < -0.3 is 10.6 Å². The molecule has 24 heavy (non-hydrogen) atoms. The molecular weight excluding hydrogens is 309 g/mol. The van der Waals surface area contributed by atoms with Crippen LogP contribution in [0.1, 0.15) is 24.9 Å². The fraction of sp³-hybridized carbons (Fsp3) is 0.235. The van der Waals surface area contributed by atoms with Gasteiger partial charge in [0.05, 0.1) is 18.4 Å². The third-order valence-electron chi connectivity index (χ3n) is 3.72. The van der Waals surface area contributed by atoms with E-state index in [1.54, 1.807) is 36.9 Å². The molecule has 0 radical (unpaired) electrons. The van der Waals surface area contributed by atoms with Gasteiger partial charge in [0, 0.05) is 25.4 Å². The number of hydrogen-bond donors (Lipinski definition) is 2. The van der Waals surface area contributed by atoms with Gasteiger partial charge in [-0.05, 0) is 24.6 Å². The third-order valence-corrected chi connectivity index (χ3v) is 3.72. The van der Waals surface area contributed by atoms with Crippen LogP contribution in [0.5, 0.6) is 0 Å². The average Bonchev–Trinajstić information content (AvgIpc) is 2.99. The SMILES string of the molecule is C[C@@H](NC(=O)CCNc1cnc2cnccn12)c1ccc(F)cc1. The Balaban J connectivity index is 1.49. The number of carbonyl (C=O) groups is 1. The van der Waals surface area contributed by atoms with E-state index in [9.17, 15) is 9.18 Å². The van der Waals surface area contributed by atoms with Gasteiger partial charge in [0.1, 0.15) is 11.6 Å². The zero-order valence-electron chi connectivity index (χ0n) is 13.2. The number of nitrogens with one attached hydrogen (secondary N) is 2. The number of anilines is 1. The van der Waals surface area contributed by atoms with Crippen LogP contribution in [0.25, 0.3) is 5.65 Å². The summed E-state index contributed by atoms with van der Waals surface area (Å²) in [7, 11) is 0. The number of rotatable bonds is 6. The largest absolute Gasteiger partial charge is 0.369 e. The van der Waals surface area contributed by atoms with Crippen LogP contribution in [0.3, 0.4) is 0 Å². The first kappa shape index (κ1) is 15.9. The predicted octanol–water partition coefficient (Wildman–Crippen LogP) is 2.55. The van der Waals surface area contributed by atoms with Crippen molar-refractivity contribution in [3.8, 4) is 0 Å². The van der Waals surface area contributed by atoms with Crippen LogP contribution in [0.2, 0.25) is 0 Å². The Kier molecular flexibility index (Phi) is 4.69. The van der Waals surface area contributed by atoms with Crippen LogP contribution in [-0.2, 0) is 4.79 Å². The van der Waals surface area contributed by atoms with E-state index in [1.807, 2.05) is 11.3 Å². The van der Waals surface area contributed by atoms with Gasteiger partial charge in [-0.1, -0.05) is 12.1 Å². The molecule has 6 nitrogen and oxygen atoms in total. The molecular formula is C17H18FN5O. The average molecular weight is 327 g/mol. The highest BCUT2D eigenvalue weighted by molar-refractivity contribution is 5.77. The van der Waals surface area contributed by atoms with E-state index in [1.165, 1.54) is 12.1 Å². The Morgan fingerprint density at radius 1 is 1.29 bits per heavy atom. The Hall–Kier alpha value is -2.96. The van der Waals surface area contributed by atoms with Crippen LogP contribution in [0, 0.1) is 5.82 Å². The first-order chi connectivity index (χ1) is 11.6. The predicted molar refractivity (Wildman–Crippen MR) is 89.1 cm³/mol. The van der Waals surface area contributed by atoms with Gasteiger partial charge in [-0.2, -0.15) is 0 Å². The van der Waals surface area contributed by atoms with E-state index in [2.05, 4.69) is 20.6 Å². The zero-order valence-corrected chi connectivity index (χ0v) is 13.2. The van der Waals surface area contributed by atoms with Crippen LogP contribution in [0.15, 0.2) is 49.1 Å². The number of benzene rings is 1. The van der Waals surface area contributed by atoms with E-state index in [0.29, 0.717) is 13.0 Å². The lowest BCUT2D eigenvalue weighted by Gasteiger charge is -2.14. The van der Waals surface area contributed by atoms with Crippen molar-refractivity contribution < 1.29 is 9.18 Å². The molecule has 1 atom stereocenters. The summed E-state index contributed by atoms with van der Waals surface area (Å²) in [5, 5.41) is 6.08. The molecule has 0 aliphatic rings. The number of halogens is 1. The number of aromatic nitrogens is 3. The van der Waals surface area contributed by atoms with E-state index in [4.69, 9.17) is 0 Å². The second kappa shape index (κ2) is 7.08. The maximum Gasteiger partial charge on any atom is 0.222 e. The van der Waals surface area contributed by atoms with Crippen molar-refractivity contribution in [2.45, 2.75) is 19.4 Å². The van der Waals surface area contributed by atoms with Crippen molar-refractivity contribution in [2.24, 2.45) is 0 Å². The summed E-state index contributed by atoms with van der Waals surface area (Å²) in [4.78, 5) is 20.2. The maximum atomic E-state index is 12.9. The van der Waals surface area contributed by atoms with Crippen LogP contribution < -0.4 is 10.6 Å². The molecule has 2 aromatic heterocycles. The van der Waals surface area contributed by atoms with Gasteiger partial charge in [-0.25, -0.2) is 9.37 Å². The first-order valence-electron chi connectivity index (χ1n) is 7.69. The molecule has 0 aliphatic heterocycles. The summed E-state index contributed by atoms with van der Waals surface area (Å²) in [6.07, 6.45) is 7.18. The molecule has 0 unspecified atom stereocenters. The van der Waals surface area contributed by atoms with Crippen molar-refractivity contribution in [1.82, 2.24) is 19.7 Å². The molecule has 124 valence electrons. The molecule has 2 N–H and O–H groups in total. The van der Waals surface area contributed by atoms with Crippen LogP contribution in [0.4, 0.5) is 10.2 Å². The Morgan fingerprint density at radius 3 is 2.88 bits per heavy atom. The molecule has 0 saturated heterocycles. The van der Waals surface area contributed by atoms with Gasteiger partial charge in [0.2, 0.25) is 5.91 Å². The van der Waals surface area contributed by atoms with Crippen molar-refractivity contribution in [3.05, 3.63) is 60.4 Å². The highest BCUT2D eigenvalue weighted by Crippen LogP contribution is 2.13. The lowest BCUT2D eigenvalue weighted by Crippen LogP contribution is -2.28. The highest BCUT2D eigenvalue weighted by atomic mass is 19.1. The number of nitrogens with zero attached hydrogens (tertiary/aromatic N) is 3. The van der Waals surface area contributed by atoms with E-state index in [0.717, 1.165) is 17.0 Å². The normalized spacial score (nSPS) is 12.1. The van der Waals surface area contributed by atoms with Crippen LogP contribution >= 0.6 is 0 Å². The van der Waals surface area contributed by atoms with E-state index in [-0.39, 0.29) is 17.8 Å². The fourth-order valence-corrected chi connectivity index (χ4v) is 2.43. The molecule has 3 rings (SSSR count). The minimum atomic E-state index is -0.287. The molecule has 0 spiro atoms. The number of carbonyl (C=O) groups excluding carboxylic acids is 1. The third kappa shape index (κ3) is 3.68. The summed E-state index contributed by atoms with van der Waals surface area (Å²) in [6.45, 7) is 2.36. The van der Waals surface area contributed by atoms with E-state index >= 15 is 0 Å². The maximum absolute atomic E-state index is 12.9. The minimum absolute atomic E-state index is 0.0742. The van der Waals surface area contributed by atoms with Gasteiger partial charge >= 0.3 is 0 Å². The molecule has 2 heterocycles. The second-order valence-corrected chi connectivity index (χ2v) is 5.47. The van der Waals surface area contributed by atoms with Gasteiger partial charge in [0.25, 0.3) is 0 Å². The number of imidazole rings is 1. The number of amides is 1. The summed E-state index contributed by atoms with van der Waals surface area (Å²) in [5.74, 6) is 0.450. The van der Waals surface area contributed by atoms with Crippen molar-refractivity contribution >= 4 is 17.4 Å². The van der Waals surface area contributed by atoms with E-state index < -0.39 is 0 Å². The molecule has 7 heteroatoms. The summed E-state index contributed by atoms with van der Waals surface area (Å²) < 4.78 is 14.8. The lowest BCUT2D eigenvalue weighted by molar-refractivity contribution is -0.121. The molecule has 3 aromatic rings. The lowest BCUT2D eigenvalue weighted by atomic mass is 10.1. The topological polar surface area (TPSA) is 71.3 Å². The van der Waals surface area contributed by atoms with Gasteiger partial charge in [-0.15, -0.1) is 0 Å². The standard InChI is InChI=1S/C17H18FN5O/c1-12(13-2-4-14(18)5-3-13)22-17(24)6-7-20-16-11-21-15-10-19-8-9-23(15)16/h2-5,8-12,20H,6-7H2,1H3,(H,22,24)/t12-/m1/s1. The first-order valence-corrected chi connectivity index (χ1v) is 7.69. The Morgan fingerprint density at radius 2 is 2.08 bits per heavy atom. The Bertz CT molecular complexity index is 830. The summed E-state index contributed by atoms with van der Waals surface area (Å²) in [6, 6.07) is 5.95. The molecule has 0 aliphatic carbocycles. The summed E-state index contributed by atoms with van der Waals surface area (Å²) >= 11 is 0. The quantitative estimate of drug-likeness (QED) is 0.730. The smallest absolute Gasteiger partial charge is 0.222 e. The van der Waals surface area contributed by atoms with Crippen molar-refractivity contribution in [3.63, 3.8) is 0 Å². The molecule has 0 saturated carbocycles. The molecule has 1 amide bonds. The Labute approximate surface area is 138 Å². The van der Waals surface area contributed by atoms with Crippen molar-refractivity contribution in [2.75, 3.05) is 11.9 Å². The van der Waals surface area contributed by atoms with Gasteiger partial charge in [0.15, 0.2) is 5.65 Å². The fourth-order valence-electron chi connectivity index (χ4n) is 2.43. The van der Waals surface area contributed by atoms with Crippen molar-refractivity contribution in [1.29, 1.82) is 0 Å². The summed E-state index contributed by atoms with van der Waals surface area (Å²) in [5.41, 5.74) is 1.61. The number of hydrogen-bond acceptors (Lipinski definition) is 4. The highest BCUT2D eigenvalue weighted by Gasteiger charge is 2.10. The monoisotopic (exact) mass is 327 g/mol. The molecule has 0 fully saturated rings. The zero-order chi connectivity index (χ0) is 16.9. The second-order valence-electron chi connectivity index (χ2n) is 5.47. The molecule has 0 bridgehead atoms. The minimum Gasteiger partial charge on any atom is -0.369 e.